The van der Waals surface area contributed by atoms with Crippen LogP contribution in [0.1, 0.15) is 29.1 Å². The normalized spacial score (nSPS) is 14.4. The molecule has 0 saturated heterocycles. The predicted octanol–water partition coefficient (Wildman–Crippen LogP) is 2.86. The van der Waals surface area contributed by atoms with Crippen LogP contribution in [-0.2, 0) is 12.8 Å². The van der Waals surface area contributed by atoms with Crippen LogP contribution in [-0.4, -0.2) is 35.2 Å². The van der Waals surface area contributed by atoms with Crippen molar-refractivity contribution in [1.29, 1.82) is 0 Å². The molecule has 1 aliphatic rings. The van der Waals surface area contributed by atoms with Gasteiger partial charge >= 0.3 is 0 Å². The lowest BCUT2D eigenvalue weighted by molar-refractivity contribution is 0.698. The van der Waals surface area contributed by atoms with Gasteiger partial charge in [0.2, 0.25) is 0 Å². The average molecular weight is 355 g/mol. The molecule has 0 unspecified atom stereocenters. The molecule has 5 rings (SSSR count). The number of rotatable bonds is 2. The second kappa shape index (κ2) is 5.45. The number of tetrazole rings is 1. The molecule has 0 spiro atoms. The molecule has 0 aliphatic heterocycles. The van der Waals surface area contributed by atoms with Gasteiger partial charge in [-0.15, -0.1) is 26.2 Å². The minimum atomic E-state index is 0.635. The topological polar surface area (TPSA) is 81.8 Å². The Labute approximate surface area is 145 Å². The van der Waals surface area contributed by atoms with Crippen molar-refractivity contribution in [2.75, 3.05) is 0 Å². The summed E-state index contributed by atoms with van der Waals surface area (Å²) in [7, 11) is 0. The highest BCUT2D eigenvalue weighted by atomic mass is 32.2. The van der Waals surface area contributed by atoms with Crippen molar-refractivity contribution in [2.24, 2.45) is 0 Å². The number of hydrogen-bond acceptors (Lipinski definition) is 8. The number of nitrogens with zero attached hydrogens (tertiary/aromatic N) is 7. The summed E-state index contributed by atoms with van der Waals surface area (Å²) in [6.07, 6.45) is 4.79. The van der Waals surface area contributed by atoms with Crippen LogP contribution in [0.15, 0.2) is 22.2 Å². The van der Waals surface area contributed by atoms with E-state index in [-0.39, 0.29) is 0 Å². The summed E-state index contributed by atoms with van der Waals surface area (Å²) in [5.41, 5.74) is 2.07. The molecule has 7 nitrogen and oxygen atoms in total. The van der Waals surface area contributed by atoms with Crippen LogP contribution in [0, 0.1) is 6.92 Å². The van der Waals surface area contributed by atoms with Crippen LogP contribution in [0.5, 0.6) is 0 Å². The molecular weight excluding hydrogens is 342 g/mol. The van der Waals surface area contributed by atoms with E-state index in [1.54, 1.807) is 11.8 Å². The smallest absolute Gasteiger partial charge is 0.200 e. The third-order valence-electron chi connectivity index (χ3n) is 4.14. The fourth-order valence-corrected chi connectivity index (χ4v) is 5.41. The molecule has 0 radical (unpaired) electrons. The van der Waals surface area contributed by atoms with Gasteiger partial charge in [-0.05, 0) is 72.5 Å². The van der Waals surface area contributed by atoms with Crippen molar-refractivity contribution in [1.82, 2.24) is 35.2 Å². The van der Waals surface area contributed by atoms with E-state index in [2.05, 4.69) is 25.6 Å². The molecule has 1 aliphatic carbocycles. The van der Waals surface area contributed by atoms with Crippen molar-refractivity contribution < 1.29 is 0 Å². The molecule has 0 N–H and O–H groups in total. The van der Waals surface area contributed by atoms with Gasteiger partial charge in [0, 0.05) is 10.3 Å². The van der Waals surface area contributed by atoms with E-state index < -0.39 is 0 Å². The van der Waals surface area contributed by atoms with Crippen molar-refractivity contribution in [3.05, 3.63) is 28.4 Å². The maximum absolute atomic E-state index is 4.70. The lowest BCUT2D eigenvalue weighted by atomic mass is 9.97. The first-order valence-corrected chi connectivity index (χ1v) is 9.43. The molecule has 0 amide bonds. The van der Waals surface area contributed by atoms with Crippen molar-refractivity contribution >= 4 is 39.0 Å². The number of aryl methyl sites for hydroxylation is 3. The monoisotopic (exact) mass is 355 g/mol. The van der Waals surface area contributed by atoms with Crippen LogP contribution in [0.3, 0.4) is 0 Å². The molecule has 0 aromatic carbocycles. The molecule has 24 heavy (non-hydrogen) atoms. The summed E-state index contributed by atoms with van der Waals surface area (Å²) in [6.45, 7) is 1.94. The summed E-state index contributed by atoms with van der Waals surface area (Å²) >= 11 is 3.38. The second-order valence-electron chi connectivity index (χ2n) is 5.77. The minimum Gasteiger partial charge on any atom is -0.226 e. The largest absolute Gasteiger partial charge is 0.226 e. The first-order valence-electron chi connectivity index (χ1n) is 7.80. The predicted molar refractivity (Wildman–Crippen MR) is 91.5 cm³/mol. The molecule has 0 saturated carbocycles. The van der Waals surface area contributed by atoms with Gasteiger partial charge in [-0.2, -0.15) is 0 Å². The first-order chi connectivity index (χ1) is 11.8. The van der Waals surface area contributed by atoms with Gasteiger partial charge in [-0.3, -0.25) is 0 Å². The summed E-state index contributed by atoms with van der Waals surface area (Å²) in [5, 5.41) is 18.8. The third kappa shape index (κ3) is 2.27. The lowest BCUT2D eigenvalue weighted by Gasteiger charge is -2.11. The second-order valence-corrected chi connectivity index (χ2v) is 7.86. The fourth-order valence-electron chi connectivity index (χ4n) is 3.09. The molecule has 0 fully saturated rings. The number of thiophene rings is 1. The van der Waals surface area contributed by atoms with Crippen molar-refractivity contribution in [3.63, 3.8) is 0 Å². The molecular formula is C15H13N7S2. The van der Waals surface area contributed by atoms with Gasteiger partial charge in [0.15, 0.2) is 5.65 Å². The van der Waals surface area contributed by atoms with E-state index in [9.17, 15) is 0 Å². The molecule has 4 heterocycles. The Kier molecular flexibility index (Phi) is 3.23. The first kappa shape index (κ1) is 14.2. The van der Waals surface area contributed by atoms with E-state index >= 15 is 0 Å². The van der Waals surface area contributed by atoms with Crippen LogP contribution < -0.4 is 0 Å². The molecule has 0 atom stereocenters. The summed E-state index contributed by atoms with van der Waals surface area (Å²) in [6, 6.07) is 3.79. The van der Waals surface area contributed by atoms with Gasteiger partial charge in [0.25, 0.3) is 0 Å². The minimum absolute atomic E-state index is 0.635. The van der Waals surface area contributed by atoms with Crippen LogP contribution >= 0.6 is 23.1 Å². The van der Waals surface area contributed by atoms with Gasteiger partial charge in [-0.25, -0.2) is 9.97 Å². The highest BCUT2D eigenvalue weighted by Gasteiger charge is 2.21. The number of fused-ring (bicyclic) bond motifs is 4. The van der Waals surface area contributed by atoms with E-state index in [0.29, 0.717) is 5.65 Å². The zero-order chi connectivity index (χ0) is 16.1. The Morgan fingerprint density at radius 3 is 3.04 bits per heavy atom. The average Bonchev–Trinajstić information content (AvgIpc) is 3.17. The Bertz CT molecular complexity index is 1070. The Morgan fingerprint density at radius 1 is 1.17 bits per heavy atom. The quantitative estimate of drug-likeness (QED) is 0.511. The Hall–Kier alpha value is -2.13. The number of hydrogen-bond donors (Lipinski definition) is 0. The molecule has 9 heteroatoms. The van der Waals surface area contributed by atoms with Gasteiger partial charge in [0.1, 0.15) is 20.7 Å². The van der Waals surface area contributed by atoms with E-state index in [0.717, 1.165) is 33.5 Å². The van der Waals surface area contributed by atoms with E-state index in [1.807, 2.05) is 30.4 Å². The highest BCUT2D eigenvalue weighted by Crippen LogP contribution is 2.41. The summed E-state index contributed by atoms with van der Waals surface area (Å²) in [4.78, 5) is 11.9. The third-order valence-corrected chi connectivity index (χ3v) is 6.24. The van der Waals surface area contributed by atoms with Crippen molar-refractivity contribution in [3.8, 4) is 0 Å². The maximum Gasteiger partial charge on any atom is 0.200 e. The fraction of sp³-hybridized carbons (Fsp3) is 0.333. The van der Waals surface area contributed by atoms with E-state index in [1.165, 1.54) is 33.3 Å². The summed E-state index contributed by atoms with van der Waals surface area (Å²) in [5.74, 6) is 0.798. The van der Waals surface area contributed by atoms with Crippen LogP contribution in [0.4, 0.5) is 0 Å². The maximum atomic E-state index is 4.70. The number of aromatic nitrogens is 7. The van der Waals surface area contributed by atoms with E-state index in [4.69, 9.17) is 4.98 Å². The molecule has 0 bridgehead atoms. The van der Waals surface area contributed by atoms with Crippen molar-refractivity contribution in [2.45, 2.75) is 42.7 Å². The summed E-state index contributed by atoms with van der Waals surface area (Å²) < 4.78 is 1.44. The van der Waals surface area contributed by atoms with Gasteiger partial charge in [-0.1, -0.05) is 0 Å². The van der Waals surface area contributed by atoms with Crippen LogP contribution in [0.2, 0.25) is 0 Å². The SMILES string of the molecule is Cc1nc(Sc2ccc3nnnn3n2)c2c3c(sc2n1)CCCC3. The van der Waals surface area contributed by atoms with Gasteiger partial charge < -0.3 is 0 Å². The Balaban J connectivity index is 1.66. The zero-order valence-corrected chi connectivity index (χ0v) is 14.6. The molecule has 4 aromatic rings. The van der Waals surface area contributed by atoms with Gasteiger partial charge in [0.05, 0.1) is 0 Å². The zero-order valence-electron chi connectivity index (χ0n) is 12.9. The standard InChI is InChI=1S/C15H13N7S2/c1-8-16-14-13(9-4-2-3-5-10(9)23-14)15(17-8)24-12-7-6-11-18-20-21-22(11)19-12/h6-7H,2-5H2,1H3. The van der Waals surface area contributed by atoms with Crippen LogP contribution in [0.25, 0.3) is 15.9 Å². The molecule has 120 valence electrons. The lowest BCUT2D eigenvalue weighted by Crippen LogP contribution is -2.00. The molecule has 4 aromatic heterocycles. The highest BCUT2D eigenvalue weighted by molar-refractivity contribution is 7.99. The Morgan fingerprint density at radius 2 is 2.08 bits per heavy atom.